The minimum atomic E-state index is 0.846. The predicted octanol–water partition coefficient (Wildman–Crippen LogP) is 9.73. The molecule has 0 aliphatic rings. The quantitative estimate of drug-likeness (QED) is 0.356. The van der Waals surface area contributed by atoms with Crippen LogP contribution in [0.3, 0.4) is 0 Å². The van der Waals surface area contributed by atoms with E-state index >= 15 is 0 Å². The van der Waals surface area contributed by atoms with Crippen molar-refractivity contribution in [2.45, 2.75) is 120 Å². The van der Waals surface area contributed by atoms with Crippen LogP contribution < -0.4 is 5.32 Å². The Balaban J connectivity index is -0.000000725. The summed E-state index contributed by atoms with van der Waals surface area (Å²) in [6.07, 6.45) is 13.7. The molecule has 0 saturated heterocycles. The van der Waals surface area contributed by atoms with Gasteiger partial charge < -0.3 is 5.32 Å². The monoisotopic (exact) mass is 379 g/mol. The Morgan fingerprint density at radius 2 is 1.11 bits per heavy atom. The van der Waals surface area contributed by atoms with E-state index in [9.17, 15) is 0 Å². The maximum Gasteiger partial charge on any atom is 0.0340 e. The van der Waals surface area contributed by atoms with Crippen molar-refractivity contribution in [2.75, 3.05) is 11.9 Å². The molecule has 0 bridgehead atoms. The van der Waals surface area contributed by atoms with Crippen LogP contribution in [0.4, 0.5) is 5.69 Å². The van der Waals surface area contributed by atoms with Crippen LogP contribution in [0.15, 0.2) is 30.3 Å². The first kappa shape index (κ1) is 30.7. The molecule has 0 spiro atoms. The van der Waals surface area contributed by atoms with Crippen LogP contribution in [0.1, 0.15) is 120 Å². The zero-order valence-electron chi connectivity index (χ0n) is 20.2. The zero-order valence-corrected chi connectivity index (χ0v) is 20.2. The summed E-state index contributed by atoms with van der Waals surface area (Å²) in [6.45, 7) is 18.0. The van der Waals surface area contributed by atoms with E-state index in [1.807, 2.05) is 27.7 Å². The molecule has 1 atom stereocenters. The Morgan fingerprint density at radius 1 is 0.667 bits per heavy atom. The van der Waals surface area contributed by atoms with Gasteiger partial charge in [0.25, 0.3) is 0 Å². The van der Waals surface area contributed by atoms with Gasteiger partial charge in [-0.3, -0.25) is 0 Å². The van der Waals surface area contributed by atoms with Gasteiger partial charge in [0.1, 0.15) is 0 Å². The van der Waals surface area contributed by atoms with E-state index in [2.05, 4.69) is 63.3 Å². The van der Waals surface area contributed by atoms with Gasteiger partial charge in [-0.15, -0.1) is 0 Å². The number of hydrogen-bond acceptors (Lipinski definition) is 1. The van der Waals surface area contributed by atoms with Crippen molar-refractivity contribution >= 4 is 5.69 Å². The predicted molar refractivity (Wildman–Crippen MR) is 130 cm³/mol. The highest BCUT2D eigenvalue weighted by molar-refractivity contribution is 5.42. The van der Waals surface area contributed by atoms with E-state index in [4.69, 9.17) is 0 Å². The molecule has 1 nitrogen and oxygen atoms in total. The summed E-state index contributed by atoms with van der Waals surface area (Å²) in [5.41, 5.74) is 1.27. The molecule has 162 valence electrons. The lowest BCUT2D eigenvalue weighted by molar-refractivity contribution is 0.425. The fourth-order valence-corrected chi connectivity index (χ4v) is 2.71. The molecule has 1 unspecified atom stereocenters. The van der Waals surface area contributed by atoms with E-state index in [1.54, 1.807) is 0 Å². The topological polar surface area (TPSA) is 12.0 Å². The molecule has 0 amide bonds. The second-order valence-electron chi connectivity index (χ2n) is 6.67. The normalized spacial score (nSPS) is 10.2. The van der Waals surface area contributed by atoms with Crippen molar-refractivity contribution in [3.8, 4) is 0 Å². The summed E-state index contributed by atoms with van der Waals surface area (Å²) in [5.74, 6) is 0.846. The van der Waals surface area contributed by atoms with Crippen LogP contribution in [0.5, 0.6) is 0 Å². The summed E-state index contributed by atoms with van der Waals surface area (Å²) in [6, 6.07) is 10.6. The standard InChI is InChI=1S/C19H33N.C3H8.2C2H6/c1-3-5-7-10-14-18(13-9-6-4-2)17-20-19-15-11-8-12-16-19;1-3-2;2*1-2/h8,11-12,15-16,18,20H,3-7,9-10,13-14,17H2,1-2H3;3H2,1-2H3;2*1-2H3. The van der Waals surface area contributed by atoms with Crippen molar-refractivity contribution in [1.29, 1.82) is 0 Å². The van der Waals surface area contributed by atoms with Crippen LogP contribution in [-0.4, -0.2) is 6.54 Å². The van der Waals surface area contributed by atoms with Crippen LogP contribution in [0, 0.1) is 5.92 Å². The summed E-state index contributed by atoms with van der Waals surface area (Å²) >= 11 is 0. The highest BCUT2D eigenvalue weighted by atomic mass is 14.9. The van der Waals surface area contributed by atoms with E-state index in [-0.39, 0.29) is 0 Å². The van der Waals surface area contributed by atoms with Gasteiger partial charge in [0.2, 0.25) is 0 Å². The molecular weight excluding hydrogens is 326 g/mol. The third-order valence-corrected chi connectivity index (χ3v) is 4.05. The van der Waals surface area contributed by atoms with Gasteiger partial charge in [0.05, 0.1) is 0 Å². The highest BCUT2D eigenvalue weighted by Crippen LogP contribution is 2.19. The van der Waals surface area contributed by atoms with Gasteiger partial charge in [0.15, 0.2) is 0 Å². The fourth-order valence-electron chi connectivity index (χ4n) is 2.71. The summed E-state index contributed by atoms with van der Waals surface area (Å²) < 4.78 is 0. The Hall–Kier alpha value is -0.980. The lowest BCUT2D eigenvalue weighted by Gasteiger charge is -2.18. The molecule has 1 rings (SSSR count). The zero-order chi connectivity index (χ0) is 21.2. The lowest BCUT2D eigenvalue weighted by atomic mass is 9.94. The fraction of sp³-hybridized carbons (Fsp3) is 0.769. The number of unbranched alkanes of at least 4 members (excludes halogenated alkanes) is 5. The molecule has 1 aromatic carbocycles. The first-order valence-electron chi connectivity index (χ1n) is 12.1. The Labute approximate surface area is 173 Å². The molecule has 1 aromatic rings. The van der Waals surface area contributed by atoms with Crippen LogP contribution in [0.25, 0.3) is 0 Å². The van der Waals surface area contributed by atoms with Gasteiger partial charge >= 0.3 is 0 Å². The van der Waals surface area contributed by atoms with Crippen molar-refractivity contribution in [3.05, 3.63) is 30.3 Å². The van der Waals surface area contributed by atoms with Crippen LogP contribution in [0.2, 0.25) is 0 Å². The maximum atomic E-state index is 3.61. The van der Waals surface area contributed by atoms with Gasteiger partial charge in [-0.1, -0.05) is 125 Å². The Morgan fingerprint density at radius 3 is 1.59 bits per heavy atom. The smallest absolute Gasteiger partial charge is 0.0340 e. The van der Waals surface area contributed by atoms with Gasteiger partial charge in [0, 0.05) is 12.2 Å². The number of hydrogen-bond donors (Lipinski definition) is 1. The summed E-state index contributed by atoms with van der Waals surface area (Å²) in [7, 11) is 0. The second kappa shape index (κ2) is 29.8. The second-order valence-corrected chi connectivity index (χ2v) is 6.67. The largest absolute Gasteiger partial charge is 0.385 e. The van der Waals surface area contributed by atoms with E-state index < -0.39 is 0 Å². The van der Waals surface area contributed by atoms with Crippen molar-refractivity contribution in [2.24, 2.45) is 5.92 Å². The molecule has 0 radical (unpaired) electrons. The average molecular weight is 380 g/mol. The first-order chi connectivity index (χ1) is 13.3. The van der Waals surface area contributed by atoms with Crippen LogP contribution >= 0.6 is 0 Å². The third-order valence-electron chi connectivity index (χ3n) is 4.05. The number of rotatable bonds is 12. The molecule has 0 aliphatic carbocycles. The molecule has 0 aromatic heterocycles. The highest BCUT2D eigenvalue weighted by Gasteiger charge is 2.08. The van der Waals surface area contributed by atoms with E-state index in [0.717, 1.165) is 12.5 Å². The SMILES string of the molecule is CC.CC.CCC.CCCCCCC(CCCCC)CNc1ccccc1. The van der Waals surface area contributed by atoms with Crippen molar-refractivity contribution in [3.63, 3.8) is 0 Å². The van der Waals surface area contributed by atoms with Gasteiger partial charge in [-0.05, 0) is 30.9 Å². The molecule has 0 heterocycles. The molecule has 0 fully saturated rings. The minimum absolute atomic E-state index is 0.846. The number of para-hydroxylation sites is 1. The molecule has 1 N–H and O–H groups in total. The molecule has 1 heteroatoms. The summed E-state index contributed by atoms with van der Waals surface area (Å²) in [5, 5.41) is 3.61. The lowest BCUT2D eigenvalue weighted by Crippen LogP contribution is -2.14. The van der Waals surface area contributed by atoms with E-state index in [0.29, 0.717) is 0 Å². The molecule has 27 heavy (non-hydrogen) atoms. The molecule has 0 saturated carbocycles. The van der Waals surface area contributed by atoms with Gasteiger partial charge in [-0.2, -0.15) is 0 Å². The van der Waals surface area contributed by atoms with Crippen molar-refractivity contribution < 1.29 is 0 Å². The summed E-state index contributed by atoms with van der Waals surface area (Å²) in [4.78, 5) is 0. The van der Waals surface area contributed by atoms with Gasteiger partial charge in [-0.25, -0.2) is 0 Å². The minimum Gasteiger partial charge on any atom is -0.385 e. The first-order valence-corrected chi connectivity index (χ1v) is 12.1. The average Bonchev–Trinajstić information content (AvgIpc) is 2.73. The Bertz CT molecular complexity index is 320. The number of benzene rings is 1. The Kier molecular flexibility index (Phi) is 33.9. The van der Waals surface area contributed by atoms with Crippen LogP contribution in [-0.2, 0) is 0 Å². The number of nitrogens with one attached hydrogen (secondary N) is 1. The van der Waals surface area contributed by atoms with Crippen molar-refractivity contribution in [1.82, 2.24) is 0 Å². The molecule has 0 aliphatic heterocycles. The van der Waals surface area contributed by atoms with E-state index in [1.165, 1.54) is 69.9 Å². The molecular formula is C26H53N. The maximum absolute atomic E-state index is 3.61. The number of anilines is 1. The third kappa shape index (κ3) is 25.0.